The first-order valence-electron chi connectivity index (χ1n) is 11.8. The second-order valence-corrected chi connectivity index (χ2v) is 10.6. The van der Waals surface area contributed by atoms with Crippen LogP contribution in [0.15, 0.2) is 72.8 Å². The van der Waals surface area contributed by atoms with Gasteiger partial charge in [0, 0.05) is 18.8 Å². The lowest BCUT2D eigenvalue weighted by Gasteiger charge is -2.24. The Kier molecular flexibility index (Phi) is 7.94. The number of hydrogen-bond donors (Lipinski definition) is 2. The fourth-order valence-electron chi connectivity index (χ4n) is 4.29. The molecule has 3 aromatic carbocycles. The van der Waals surface area contributed by atoms with Crippen LogP contribution in [0.5, 0.6) is 0 Å². The Hall–Kier alpha value is -3.58. The average molecular weight is 572 g/mol. The molecule has 0 aliphatic carbocycles. The molecule has 2 N–H and O–H groups in total. The molecule has 3 aromatic rings. The quantitative estimate of drug-likeness (QED) is 0.351. The highest BCUT2D eigenvalue weighted by Gasteiger charge is 2.39. The van der Waals surface area contributed by atoms with E-state index in [-0.39, 0.29) is 36.7 Å². The smallest absolute Gasteiger partial charge is 0.351 e. The molecule has 6 nitrogen and oxygen atoms in total. The van der Waals surface area contributed by atoms with E-state index in [1.165, 1.54) is 18.2 Å². The Morgan fingerprint density at radius 1 is 0.846 bits per heavy atom. The maximum atomic E-state index is 13.3. The molecular formula is C26H23F6N3O3S. The van der Waals surface area contributed by atoms with Crippen molar-refractivity contribution in [3.63, 3.8) is 0 Å². The van der Waals surface area contributed by atoms with Crippen molar-refractivity contribution in [3.05, 3.63) is 89.5 Å². The SMILES string of the molecule is O=C(NCc1cccc(-c2cc(C(F)(F)F)cc(C(F)(F)F)c2)c1)C1CCCN1S(=O)(=O)Nc1ccccc1. The number of alkyl halides is 6. The second-order valence-electron chi connectivity index (χ2n) is 8.95. The van der Waals surface area contributed by atoms with Gasteiger partial charge in [-0.15, -0.1) is 0 Å². The van der Waals surface area contributed by atoms with Gasteiger partial charge in [0.25, 0.3) is 0 Å². The largest absolute Gasteiger partial charge is 0.416 e. The van der Waals surface area contributed by atoms with Gasteiger partial charge in [-0.3, -0.25) is 9.52 Å². The summed E-state index contributed by atoms with van der Waals surface area (Å²) in [6, 6.07) is 14.2. The van der Waals surface area contributed by atoms with Gasteiger partial charge in [-0.05, 0) is 65.9 Å². The summed E-state index contributed by atoms with van der Waals surface area (Å²) in [6.07, 6.45) is -9.22. The summed E-state index contributed by atoms with van der Waals surface area (Å²) in [6.45, 7) is 0.0150. The lowest BCUT2D eigenvalue weighted by molar-refractivity contribution is -0.143. The Morgan fingerprint density at radius 3 is 2.10 bits per heavy atom. The van der Waals surface area contributed by atoms with Crippen LogP contribution in [0.4, 0.5) is 32.0 Å². The zero-order valence-electron chi connectivity index (χ0n) is 20.2. The molecule has 1 aliphatic rings. The summed E-state index contributed by atoms with van der Waals surface area (Å²) in [5, 5.41) is 2.62. The van der Waals surface area contributed by atoms with Gasteiger partial charge in [-0.25, -0.2) is 0 Å². The summed E-state index contributed by atoms with van der Waals surface area (Å²) in [7, 11) is -4.03. The molecule has 0 aromatic heterocycles. The molecule has 0 bridgehead atoms. The van der Waals surface area contributed by atoms with E-state index in [2.05, 4.69) is 10.0 Å². The van der Waals surface area contributed by atoms with E-state index >= 15 is 0 Å². The van der Waals surface area contributed by atoms with Crippen molar-refractivity contribution in [2.75, 3.05) is 11.3 Å². The third-order valence-corrected chi connectivity index (χ3v) is 7.70. The zero-order chi connectivity index (χ0) is 28.4. The van der Waals surface area contributed by atoms with Gasteiger partial charge >= 0.3 is 22.6 Å². The lowest BCUT2D eigenvalue weighted by Crippen LogP contribution is -2.47. The third kappa shape index (κ3) is 6.90. The van der Waals surface area contributed by atoms with Crippen LogP contribution in [0.2, 0.25) is 0 Å². The minimum absolute atomic E-state index is 0.0572. The standard InChI is InChI=1S/C26H23F6N3O3S/c27-25(28,29)20-13-19(14-21(15-20)26(30,31)32)18-7-4-6-17(12-18)16-33-24(36)23-10-5-11-35(23)39(37,38)34-22-8-2-1-3-9-22/h1-4,6-9,12-15,23,34H,5,10-11,16H2,(H,33,36). The molecule has 0 spiro atoms. The van der Waals surface area contributed by atoms with Crippen LogP contribution < -0.4 is 10.0 Å². The fourth-order valence-corrected chi connectivity index (χ4v) is 5.75. The number of rotatable bonds is 7. The summed E-state index contributed by atoms with van der Waals surface area (Å²) in [4.78, 5) is 12.9. The van der Waals surface area contributed by atoms with Gasteiger partial charge in [0.2, 0.25) is 5.91 Å². The van der Waals surface area contributed by atoms with Gasteiger partial charge in [-0.2, -0.15) is 39.1 Å². The number of hydrogen-bond acceptors (Lipinski definition) is 3. The molecule has 1 unspecified atom stereocenters. The number of halogens is 6. The molecule has 13 heteroatoms. The molecule has 4 rings (SSSR count). The first kappa shape index (κ1) is 28.4. The van der Waals surface area contributed by atoms with E-state index in [9.17, 15) is 39.6 Å². The average Bonchev–Trinajstić information content (AvgIpc) is 3.38. The molecule has 1 saturated heterocycles. The van der Waals surface area contributed by atoms with Crippen molar-refractivity contribution in [2.24, 2.45) is 0 Å². The van der Waals surface area contributed by atoms with Crippen LogP contribution in [-0.4, -0.2) is 31.2 Å². The molecule has 1 amide bonds. The van der Waals surface area contributed by atoms with Crippen molar-refractivity contribution in [3.8, 4) is 11.1 Å². The Labute approximate surface area is 220 Å². The van der Waals surface area contributed by atoms with E-state index in [4.69, 9.17) is 0 Å². The third-order valence-electron chi connectivity index (χ3n) is 6.15. The van der Waals surface area contributed by atoms with Crippen LogP contribution in [-0.2, 0) is 33.9 Å². The number of amides is 1. The topological polar surface area (TPSA) is 78.5 Å². The number of para-hydroxylation sites is 1. The van der Waals surface area contributed by atoms with Crippen molar-refractivity contribution < 1.29 is 39.6 Å². The second kappa shape index (κ2) is 10.9. The van der Waals surface area contributed by atoms with Gasteiger partial charge in [-0.1, -0.05) is 36.4 Å². The monoisotopic (exact) mass is 571 g/mol. The van der Waals surface area contributed by atoms with Crippen molar-refractivity contribution in [1.29, 1.82) is 0 Å². The number of nitrogens with one attached hydrogen (secondary N) is 2. The van der Waals surface area contributed by atoms with Gasteiger partial charge < -0.3 is 5.32 Å². The number of carbonyl (C=O) groups is 1. The predicted octanol–water partition coefficient (Wildman–Crippen LogP) is 5.83. The maximum Gasteiger partial charge on any atom is 0.416 e. The lowest BCUT2D eigenvalue weighted by atomic mass is 9.97. The minimum atomic E-state index is -4.98. The van der Waals surface area contributed by atoms with Crippen LogP contribution in [0.25, 0.3) is 11.1 Å². The first-order valence-corrected chi connectivity index (χ1v) is 13.2. The van der Waals surface area contributed by atoms with Gasteiger partial charge in [0.15, 0.2) is 0 Å². The van der Waals surface area contributed by atoms with E-state index in [0.717, 1.165) is 4.31 Å². The minimum Gasteiger partial charge on any atom is -0.351 e. The van der Waals surface area contributed by atoms with E-state index < -0.39 is 45.6 Å². The molecule has 1 atom stereocenters. The van der Waals surface area contributed by atoms with Crippen molar-refractivity contribution in [1.82, 2.24) is 9.62 Å². The summed E-state index contributed by atoms with van der Waals surface area (Å²) in [5.74, 6) is -0.574. The molecule has 0 saturated carbocycles. The summed E-state index contributed by atoms with van der Waals surface area (Å²) >= 11 is 0. The van der Waals surface area contributed by atoms with Gasteiger partial charge in [0.1, 0.15) is 6.04 Å². The Morgan fingerprint density at radius 2 is 1.49 bits per heavy atom. The predicted molar refractivity (Wildman–Crippen MR) is 132 cm³/mol. The van der Waals surface area contributed by atoms with Gasteiger partial charge in [0.05, 0.1) is 11.1 Å². The molecular weight excluding hydrogens is 548 g/mol. The van der Waals surface area contributed by atoms with E-state index in [1.807, 2.05) is 0 Å². The highest BCUT2D eigenvalue weighted by molar-refractivity contribution is 7.90. The number of nitrogens with zero attached hydrogens (tertiary/aromatic N) is 1. The number of benzene rings is 3. The highest BCUT2D eigenvalue weighted by atomic mass is 32.2. The van der Waals surface area contributed by atoms with E-state index in [1.54, 1.807) is 36.4 Å². The first-order chi connectivity index (χ1) is 18.2. The molecule has 1 aliphatic heterocycles. The molecule has 1 fully saturated rings. The van der Waals surface area contributed by atoms with Crippen LogP contribution in [0.3, 0.4) is 0 Å². The fraction of sp³-hybridized carbons (Fsp3) is 0.269. The highest BCUT2D eigenvalue weighted by Crippen LogP contribution is 2.38. The summed E-state index contributed by atoms with van der Waals surface area (Å²) in [5.41, 5.74) is -2.32. The normalized spacial score (nSPS) is 16.7. The summed E-state index contributed by atoms with van der Waals surface area (Å²) < 4.78 is 109. The molecule has 208 valence electrons. The van der Waals surface area contributed by atoms with Crippen molar-refractivity contribution >= 4 is 21.8 Å². The zero-order valence-corrected chi connectivity index (χ0v) is 21.0. The van der Waals surface area contributed by atoms with E-state index in [0.29, 0.717) is 29.8 Å². The molecule has 1 heterocycles. The Bertz CT molecular complexity index is 1410. The number of anilines is 1. The Balaban J connectivity index is 1.50. The van der Waals surface area contributed by atoms with Crippen LogP contribution >= 0.6 is 0 Å². The molecule has 0 radical (unpaired) electrons. The number of carbonyl (C=O) groups excluding carboxylic acids is 1. The van der Waals surface area contributed by atoms with Crippen molar-refractivity contribution in [2.45, 2.75) is 37.8 Å². The van der Waals surface area contributed by atoms with Crippen LogP contribution in [0, 0.1) is 0 Å². The molecule has 39 heavy (non-hydrogen) atoms. The van der Waals surface area contributed by atoms with Crippen LogP contribution in [0.1, 0.15) is 29.5 Å². The maximum absolute atomic E-state index is 13.3.